The van der Waals surface area contributed by atoms with Crippen LogP contribution in [-0.2, 0) is 0 Å². The predicted octanol–water partition coefficient (Wildman–Crippen LogP) is -0.183. The maximum atomic E-state index is 9.16. The van der Waals surface area contributed by atoms with Gasteiger partial charge in [-0.3, -0.25) is 4.57 Å². The van der Waals surface area contributed by atoms with Crippen molar-refractivity contribution in [2.24, 2.45) is 0 Å². The van der Waals surface area contributed by atoms with Gasteiger partial charge in [0.15, 0.2) is 5.65 Å². The van der Waals surface area contributed by atoms with Crippen molar-refractivity contribution in [2.45, 2.75) is 13.8 Å². The molecule has 0 saturated heterocycles. The Bertz CT molecular complexity index is 728. The maximum absolute atomic E-state index is 9.16. The van der Waals surface area contributed by atoms with Crippen LogP contribution >= 0.6 is 0 Å². The second-order valence-electron chi connectivity index (χ2n) is 4.50. The zero-order valence-corrected chi connectivity index (χ0v) is 10.6. The summed E-state index contributed by atoms with van der Waals surface area (Å²) in [6.07, 6.45) is 1.66. The number of pyridine rings is 1. The molecule has 0 fully saturated rings. The Morgan fingerprint density at radius 2 is 1.79 bits per heavy atom. The van der Waals surface area contributed by atoms with Gasteiger partial charge in [-0.1, -0.05) is 0 Å². The van der Waals surface area contributed by atoms with E-state index in [2.05, 4.69) is 10.1 Å². The van der Waals surface area contributed by atoms with Crippen LogP contribution in [-0.4, -0.2) is 36.3 Å². The smallest absolute Gasteiger partial charge is 0.423 e. The summed E-state index contributed by atoms with van der Waals surface area (Å²) in [7, 11) is -1.50. The number of fused-ring (bicyclic) bond motifs is 1. The van der Waals surface area contributed by atoms with Crippen LogP contribution in [0.3, 0.4) is 0 Å². The fourth-order valence-corrected chi connectivity index (χ4v) is 2.12. The first-order chi connectivity index (χ1) is 9.06. The molecule has 0 amide bonds. The Morgan fingerprint density at radius 3 is 2.42 bits per heavy atom. The van der Waals surface area contributed by atoms with Gasteiger partial charge in [-0.05, 0) is 43.6 Å². The first kappa shape index (κ1) is 11.9. The van der Waals surface area contributed by atoms with Gasteiger partial charge in [0.05, 0.1) is 0 Å². The molecule has 2 N–H and O–H groups in total. The van der Waals surface area contributed by atoms with Gasteiger partial charge < -0.3 is 10.0 Å². The summed E-state index contributed by atoms with van der Waals surface area (Å²) in [5.74, 6) is 0.574. The molecule has 0 aliphatic rings. The van der Waals surface area contributed by atoms with Crippen LogP contribution in [0.25, 0.3) is 11.6 Å². The van der Waals surface area contributed by atoms with Gasteiger partial charge in [-0.25, -0.2) is 4.52 Å². The lowest BCUT2D eigenvalue weighted by molar-refractivity contribution is 0.425. The highest BCUT2D eigenvalue weighted by atomic mass is 16.4. The monoisotopic (exact) mass is 256 g/mol. The van der Waals surface area contributed by atoms with Crippen LogP contribution in [0.2, 0.25) is 0 Å². The van der Waals surface area contributed by atoms with E-state index in [4.69, 9.17) is 10.0 Å². The second kappa shape index (κ2) is 4.22. The van der Waals surface area contributed by atoms with E-state index in [1.54, 1.807) is 22.8 Å². The van der Waals surface area contributed by atoms with E-state index in [-0.39, 0.29) is 0 Å². The third-order valence-corrected chi connectivity index (χ3v) is 3.12. The van der Waals surface area contributed by atoms with Gasteiger partial charge in [0, 0.05) is 17.6 Å². The molecule has 0 bridgehead atoms. The summed E-state index contributed by atoms with van der Waals surface area (Å²) in [5.41, 5.74) is 3.08. The Labute approximate surface area is 110 Å². The largest absolute Gasteiger partial charge is 0.488 e. The van der Waals surface area contributed by atoms with E-state index in [9.17, 15) is 0 Å². The molecule has 3 aromatic rings. The Kier molecular flexibility index (Phi) is 2.65. The highest BCUT2D eigenvalue weighted by Gasteiger charge is 2.14. The van der Waals surface area contributed by atoms with Crippen LogP contribution in [0.4, 0.5) is 0 Å². The second-order valence-corrected chi connectivity index (χ2v) is 4.50. The molecule has 6 nitrogen and oxygen atoms in total. The predicted molar refractivity (Wildman–Crippen MR) is 71.6 cm³/mol. The van der Waals surface area contributed by atoms with Gasteiger partial charge in [0.2, 0.25) is 0 Å². The summed E-state index contributed by atoms with van der Waals surface area (Å²) in [5, 5.41) is 22.7. The molecule has 0 aliphatic carbocycles. The molecule has 0 radical (unpaired) electrons. The Morgan fingerprint density at radius 1 is 1.11 bits per heavy atom. The molecule has 0 aliphatic heterocycles. The molecule has 0 spiro atoms. The fraction of sp³-hybridized carbons (Fsp3) is 0.167. The Hall–Kier alpha value is -2.12. The summed E-state index contributed by atoms with van der Waals surface area (Å²) < 4.78 is 3.56. The van der Waals surface area contributed by atoms with E-state index < -0.39 is 7.12 Å². The number of aryl methyl sites for hydroxylation is 2. The molecule has 0 unspecified atom stereocenters. The summed E-state index contributed by atoms with van der Waals surface area (Å²) in [6, 6.07) is 7.22. The van der Waals surface area contributed by atoms with Crippen molar-refractivity contribution in [3.63, 3.8) is 0 Å². The summed E-state index contributed by atoms with van der Waals surface area (Å²) in [6.45, 7) is 3.98. The number of rotatable bonds is 2. The van der Waals surface area contributed by atoms with Gasteiger partial charge >= 0.3 is 7.12 Å². The topological polar surface area (TPSA) is 75.6 Å². The SMILES string of the molecule is Cc1ccc(C)n1-c1nc2cc(B(O)O)ccn2n1. The van der Waals surface area contributed by atoms with E-state index in [0.717, 1.165) is 11.4 Å². The van der Waals surface area contributed by atoms with Crippen LogP contribution in [0.15, 0.2) is 30.5 Å². The maximum Gasteiger partial charge on any atom is 0.488 e. The van der Waals surface area contributed by atoms with Crippen LogP contribution < -0.4 is 5.46 Å². The molecule has 3 rings (SSSR count). The molecule has 0 aromatic carbocycles. The first-order valence-electron chi connectivity index (χ1n) is 5.94. The van der Waals surface area contributed by atoms with Crippen molar-refractivity contribution < 1.29 is 10.0 Å². The number of hydrogen-bond donors (Lipinski definition) is 2. The highest BCUT2D eigenvalue weighted by molar-refractivity contribution is 6.58. The van der Waals surface area contributed by atoms with E-state index in [1.807, 2.05) is 30.5 Å². The quantitative estimate of drug-likeness (QED) is 0.623. The van der Waals surface area contributed by atoms with Crippen molar-refractivity contribution in [3.8, 4) is 5.95 Å². The van der Waals surface area contributed by atoms with Crippen molar-refractivity contribution in [2.75, 3.05) is 0 Å². The first-order valence-corrected chi connectivity index (χ1v) is 5.94. The molecule has 3 heterocycles. The standard InChI is InChI=1S/C12H13BN4O2/c1-8-3-4-9(2)17(8)12-14-11-7-10(13(18)19)5-6-16(11)15-12/h3-7,18-19H,1-2H3. The van der Waals surface area contributed by atoms with Crippen molar-refractivity contribution >= 4 is 18.2 Å². The van der Waals surface area contributed by atoms with Crippen molar-refractivity contribution in [3.05, 3.63) is 41.9 Å². The molecule has 0 atom stereocenters. The van der Waals surface area contributed by atoms with Crippen LogP contribution in [0.1, 0.15) is 11.4 Å². The lowest BCUT2D eigenvalue weighted by atomic mass is 9.81. The minimum atomic E-state index is -1.50. The minimum absolute atomic E-state index is 0.396. The van der Waals surface area contributed by atoms with Crippen LogP contribution in [0, 0.1) is 13.8 Å². The molecule has 96 valence electrons. The zero-order chi connectivity index (χ0) is 13.6. The number of nitrogens with zero attached hydrogens (tertiary/aromatic N) is 4. The third kappa shape index (κ3) is 1.93. The van der Waals surface area contributed by atoms with E-state index >= 15 is 0 Å². The number of hydrogen-bond acceptors (Lipinski definition) is 4. The molecule has 7 heteroatoms. The fourth-order valence-electron chi connectivity index (χ4n) is 2.12. The van der Waals surface area contributed by atoms with Gasteiger partial charge in [0.25, 0.3) is 5.95 Å². The van der Waals surface area contributed by atoms with Crippen molar-refractivity contribution in [1.82, 2.24) is 19.2 Å². The number of aromatic nitrogens is 4. The molecule has 3 aromatic heterocycles. The van der Waals surface area contributed by atoms with E-state index in [1.165, 1.54) is 0 Å². The Balaban J connectivity index is 2.17. The molecular formula is C12H13BN4O2. The van der Waals surface area contributed by atoms with E-state index in [0.29, 0.717) is 17.1 Å². The lowest BCUT2D eigenvalue weighted by Gasteiger charge is -2.01. The molecular weight excluding hydrogens is 243 g/mol. The third-order valence-electron chi connectivity index (χ3n) is 3.12. The van der Waals surface area contributed by atoms with Crippen LogP contribution in [0.5, 0.6) is 0 Å². The zero-order valence-electron chi connectivity index (χ0n) is 10.6. The lowest BCUT2D eigenvalue weighted by Crippen LogP contribution is -2.29. The molecule has 0 saturated carbocycles. The average molecular weight is 256 g/mol. The summed E-state index contributed by atoms with van der Waals surface area (Å²) in [4.78, 5) is 4.41. The van der Waals surface area contributed by atoms with Crippen molar-refractivity contribution in [1.29, 1.82) is 0 Å². The average Bonchev–Trinajstić information content (AvgIpc) is 2.91. The van der Waals surface area contributed by atoms with Gasteiger partial charge in [0.1, 0.15) is 0 Å². The van der Waals surface area contributed by atoms with Gasteiger partial charge in [-0.15, -0.1) is 5.10 Å². The normalized spacial score (nSPS) is 11.2. The highest BCUT2D eigenvalue weighted by Crippen LogP contribution is 2.13. The molecule has 19 heavy (non-hydrogen) atoms. The minimum Gasteiger partial charge on any atom is -0.423 e. The van der Waals surface area contributed by atoms with Gasteiger partial charge in [-0.2, -0.15) is 4.98 Å². The summed E-state index contributed by atoms with van der Waals surface area (Å²) >= 11 is 0.